The van der Waals surface area contributed by atoms with Crippen LogP contribution in [-0.4, -0.2) is 52.0 Å². The molecule has 0 amide bonds. The van der Waals surface area contributed by atoms with Crippen molar-refractivity contribution in [3.05, 3.63) is 29.8 Å². The summed E-state index contributed by atoms with van der Waals surface area (Å²) in [6, 6.07) is 7.90. The van der Waals surface area contributed by atoms with Crippen molar-refractivity contribution in [1.29, 1.82) is 0 Å². The Hall–Kier alpha value is -1.06. The zero-order valence-electron chi connectivity index (χ0n) is 15.3. The average Bonchev–Trinajstić information content (AvgIpc) is 3.04. The molecule has 2 rings (SSSR count). The molecule has 1 fully saturated rings. The Labute approximate surface area is 167 Å². The summed E-state index contributed by atoms with van der Waals surface area (Å²) in [7, 11) is 3.43. The molecule has 1 unspecified atom stereocenters. The quantitative estimate of drug-likeness (QED) is 0.269. The van der Waals surface area contributed by atoms with Crippen LogP contribution in [0.1, 0.15) is 25.3 Å². The van der Waals surface area contributed by atoms with E-state index >= 15 is 0 Å². The fraction of sp³-hybridized carbons (Fsp3) is 0.611. The highest BCUT2D eigenvalue weighted by Gasteiger charge is 2.29. The van der Waals surface area contributed by atoms with E-state index in [9.17, 15) is 0 Å². The molecule has 0 aliphatic carbocycles. The molecule has 0 aromatic heterocycles. The standard InChI is InChI=1S/C18H29N3O3.HI/c1-18(8-5-10-24-18)14-21-17(19-2)20-9-11-23-13-15-6-4-7-16(12-15)22-3;/h4,6-7,12H,5,8-11,13-14H2,1-3H3,(H2,19,20,21);1H. The van der Waals surface area contributed by atoms with Crippen LogP contribution in [0.5, 0.6) is 5.75 Å². The highest BCUT2D eigenvalue weighted by atomic mass is 127. The first-order valence-corrected chi connectivity index (χ1v) is 8.44. The Morgan fingerprint density at radius 2 is 2.20 bits per heavy atom. The molecular formula is C18H30IN3O3. The van der Waals surface area contributed by atoms with Gasteiger partial charge in [-0.3, -0.25) is 4.99 Å². The van der Waals surface area contributed by atoms with E-state index in [1.54, 1.807) is 14.2 Å². The van der Waals surface area contributed by atoms with E-state index in [4.69, 9.17) is 14.2 Å². The van der Waals surface area contributed by atoms with Gasteiger partial charge in [-0.2, -0.15) is 0 Å². The van der Waals surface area contributed by atoms with Gasteiger partial charge in [-0.25, -0.2) is 0 Å². The topological polar surface area (TPSA) is 64.1 Å². The molecule has 0 bridgehead atoms. The first kappa shape index (κ1) is 22.0. The lowest BCUT2D eigenvalue weighted by Crippen LogP contribution is -2.46. The van der Waals surface area contributed by atoms with E-state index in [1.807, 2.05) is 24.3 Å². The number of nitrogens with zero attached hydrogens (tertiary/aromatic N) is 1. The van der Waals surface area contributed by atoms with Crippen molar-refractivity contribution in [3.63, 3.8) is 0 Å². The van der Waals surface area contributed by atoms with Crippen LogP contribution >= 0.6 is 24.0 Å². The van der Waals surface area contributed by atoms with Gasteiger partial charge in [-0.05, 0) is 37.5 Å². The average molecular weight is 463 g/mol. The van der Waals surface area contributed by atoms with Crippen LogP contribution in [0.3, 0.4) is 0 Å². The van der Waals surface area contributed by atoms with Crippen LogP contribution in [0, 0.1) is 0 Å². The monoisotopic (exact) mass is 463 g/mol. The fourth-order valence-electron chi connectivity index (χ4n) is 2.66. The van der Waals surface area contributed by atoms with Gasteiger partial charge in [0.05, 0.1) is 25.9 Å². The molecule has 0 saturated carbocycles. The van der Waals surface area contributed by atoms with Crippen molar-refractivity contribution in [2.45, 2.75) is 32.0 Å². The SMILES string of the molecule is CN=C(NCCOCc1cccc(OC)c1)NCC1(C)CCCO1.I. The van der Waals surface area contributed by atoms with E-state index in [-0.39, 0.29) is 29.6 Å². The molecule has 7 heteroatoms. The molecule has 6 nitrogen and oxygen atoms in total. The van der Waals surface area contributed by atoms with Gasteiger partial charge >= 0.3 is 0 Å². The van der Waals surface area contributed by atoms with Crippen LogP contribution in [0.15, 0.2) is 29.3 Å². The third-order valence-corrected chi connectivity index (χ3v) is 4.10. The normalized spacial score (nSPS) is 20.0. The van der Waals surface area contributed by atoms with Crippen molar-refractivity contribution in [1.82, 2.24) is 10.6 Å². The molecule has 1 heterocycles. The second-order valence-corrected chi connectivity index (χ2v) is 6.16. The number of rotatable bonds is 8. The number of benzene rings is 1. The number of halogens is 1. The van der Waals surface area contributed by atoms with Crippen LogP contribution in [-0.2, 0) is 16.1 Å². The highest BCUT2D eigenvalue weighted by molar-refractivity contribution is 14.0. The van der Waals surface area contributed by atoms with E-state index < -0.39 is 0 Å². The largest absolute Gasteiger partial charge is 0.497 e. The molecule has 0 radical (unpaired) electrons. The summed E-state index contributed by atoms with van der Waals surface area (Å²) < 4.78 is 16.7. The molecule has 1 atom stereocenters. The molecule has 1 aliphatic heterocycles. The molecule has 1 aromatic rings. The van der Waals surface area contributed by atoms with Crippen LogP contribution in [0.25, 0.3) is 0 Å². The smallest absolute Gasteiger partial charge is 0.191 e. The lowest BCUT2D eigenvalue weighted by Gasteiger charge is -2.24. The van der Waals surface area contributed by atoms with Gasteiger partial charge in [0.2, 0.25) is 0 Å². The van der Waals surface area contributed by atoms with Crippen LogP contribution in [0.4, 0.5) is 0 Å². The number of hydrogen-bond acceptors (Lipinski definition) is 4. The number of guanidine groups is 1. The van der Waals surface area contributed by atoms with Gasteiger partial charge in [0.15, 0.2) is 5.96 Å². The Morgan fingerprint density at radius 1 is 1.36 bits per heavy atom. The second kappa shape index (κ2) is 11.5. The lowest BCUT2D eigenvalue weighted by molar-refractivity contribution is 0.0242. The number of hydrogen-bond donors (Lipinski definition) is 2. The number of aliphatic imine (C=N–C) groups is 1. The van der Waals surface area contributed by atoms with Gasteiger partial charge in [0.1, 0.15) is 5.75 Å². The Kier molecular flexibility index (Phi) is 10.1. The van der Waals surface area contributed by atoms with Crippen molar-refractivity contribution in [3.8, 4) is 5.75 Å². The zero-order chi connectivity index (χ0) is 17.3. The highest BCUT2D eigenvalue weighted by Crippen LogP contribution is 2.23. The summed E-state index contributed by atoms with van der Waals surface area (Å²) in [6.07, 6.45) is 2.21. The van der Waals surface area contributed by atoms with Gasteiger partial charge in [0, 0.05) is 26.7 Å². The molecule has 1 saturated heterocycles. The van der Waals surface area contributed by atoms with Crippen molar-refractivity contribution >= 4 is 29.9 Å². The van der Waals surface area contributed by atoms with Gasteiger partial charge in [-0.1, -0.05) is 12.1 Å². The summed E-state index contributed by atoms with van der Waals surface area (Å²) in [6.45, 7) is 5.61. The summed E-state index contributed by atoms with van der Waals surface area (Å²) in [4.78, 5) is 4.23. The molecular weight excluding hydrogens is 433 g/mol. The number of nitrogens with one attached hydrogen (secondary N) is 2. The van der Waals surface area contributed by atoms with E-state index in [0.717, 1.165) is 43.3 Å². The van der Waals surface area contributed by atoms with Gasteiger partial charge < -0.3 is 24.8 Å². The molecule has 1 aliphatic rings. The minimum absolute atomic E-state index is 0. The van der Waals surface area contributed by atoms with E-state index in [1.165, 1.54) is 0 Å². The van der Waals surface area contributed by atoms with Crippen molar-refractivity contribution in [2.75, 3.05) is 40.5 Å². The molecule has 0 spiro atoms. The maximum Gasteiger partial charge on any atom is 0.191 e. The summed E-state index contributed by atoms with van der Waals surface area (Å²) in [5.74, 6) is 1.62. The molecule has 2 N–H and O–H groups in total. The minimum Gasteiger partial charge on any atom is -0.497 e. The van der Waals surface area contributed by atoms with E-state index in [0.29, 0.717) is 19.8 Å². The lowest BCUT2D eigenvalue weighted by atomic mass is 10.0. The number of methoxy groups -OCH3 is 1. The first-order chi connectivity index (χ1) is 11.6. The van der Waals surface area contributed by atoms with Crippen LogP contribution < -0.4 is 15.4 Å². The maximum absolute atomic E-state index is 5.77. The summed E-state index contributed by atoms with van der Waals surface area (Å²) in [5, 5.41) is 6.57. The van der Waals surface area contributed by atoms with Crippen LogP contribution in [0.2, 0.25) is 0 Å². The van der Waals surface area contributed by atoms with Crippen molar-refractivity contribution in [2.24, 2.45) is 4.99 Å². The Bertz CT molecular complexity index is 534. The second-order valence-electron chi connectivity index (χ2n) is 6.16. The third-order valence-electron chi connectivity index (χ3n) is 4.10. The minimum atomic E-state index is -0.0829. The Balaban J connectivity index is 0.00000312. The summed E-state index contributed by atoms with van der Waals surface area (Å²) >= 11 is 0. The number of ether oxygens (including phenoxy) is 3. The van der Waals surface area contributed by atoms with Crippen molar-refractivity contribution < 1.29 is 14.2 Å². The van der Waals surface area contributed by atoms with Gasteiger partial charge in [0.25, 0.3) is 0 Å². The molecule has 25 heavy (non-hydrogen) atoms. The fourth-order valence-corrected chi connectivity index (χ4v) is 2.66. The van der Waals surface area contributed by atoms with E-state index in [2.05, 4.69) is 22.5 Å². The zero-order valence-corrected chi connectivity index (χ0v) is 17.7. The Morgan fingerprint density at radius 3 is 2.88 bits per heavy atom. The maximum atomic E-state index is 5.77. The molecule has 142 valence electrons. The first-order valence-electron chi connectivity index (χ1n) is 8.44. The molecule has 1 aromatic carbocycles. The predicted molar refractivity (Wildman–Crippen MR) is 111 cm³/mol. The summed E-state index contributed by atoms with van der Waals surface area (Å²) in [5.41, 5.74) is 1.02. The predicted octanol–water partition coefficient (Wildman–Crippen LogP) is 2.56. The van der Waals surface area contributed by atoms with Gasteiger partial charge in [-0.15, -0.1) is 24.0 Å². The third kappa shape index (κ3) is 7.79.